The molecule has 0 bridgehead atoms. The highest BCUT2D eigenvalue weighted by molar-refractivity contribution is 5.88. The number of rotatable bonds is 7. The zero-order valence-corrected chi connectivity index (χ0v) is 18.4. The van der Waals surface area contributed by atoms with E-state index in [1.807, 2.05) is 18.3 Å². The fraction of sp³-hybridized carbons (Fsp3) is 0.320. The Morgan fingerprint density at radius 3 is 2.19 bits per heavy atom. The lowest BCUT2D eigenvalue weighted by Gasteiger charge is -2.33. The first-order valence-electron chi connectivity index (χ1n) is 10.5. The van der Waals surface area contributed by atoms with E-state index in [9.17, 15) is 0 Å². The predicted octanol–water partition coefficient (Wildman–Crippen LogP) is 4.02. The molecule has 4 rings (SSSR count). The summed E-state index contributed by atoms with van der Waals surface area (Å²) in [6.07, 6.45) is 1.82. The first-order valence-corrected chi connectivity index (χ1v) is 10.5. The van der Waals surface area contributed by atoms with Gasteiger partial charge in [0.2, 0.25) is 0 Å². The van der Waals surface area contributed by atoms with Crippen LogP contribution in [0.25, 0.3) is 10.8 Å². The maximum Gasteiger partial charge on any atom is 0.135 e. The van der Waals surface area contributed by atoms with E-state index in [1.165, 1.54) is 16.3 Å². The van der Waals surface area contributed by atoms with Gasteiger partial charge in [0, 0.05) is 44.9 Å². The van der Waals surface area contributed by atoms with Crippen LogP contribution in [0.3, 0.4) is 0 Å². The molecular weight excluding hydrogens is 390 g/mol. The lowest BCUT2D eigenvalue weighted by atomic mass is 10.0. The van der Waals surface area contributed by atoms with Gasteiger partial charge in [-0.25, -0.2) is 0 Å². The normalized spacial score (nSPS) is 14.9. The van der Waals surface area contributed by atoms with Crippen LogP contribution in [0.15, 0.2) is 59.7 Å². The van der Waals surface area contributed by atoms with E-state index in [1.54, 1.807) is 21.3 Å². The molecule has 162 valence electrons. The van der Waals surface area contributed by atoms with E-state index < -0.39 is 0 Å². The minimum absolute atomic E-state index is 0.676. The number of hydrazone groups is 1. The van der Waals surface area contributed by atoms with E-state index in [-0.39, 0.29) is 0 Å². The number of piperazine rings is 1. The Labute approximate surface area is 183 Å². The van der Waals surface area contributed by atoms with Crippen LogP contribution in [0, 0.1) is 0 Å². The first kappa shape index (κ1) is 21.0. The highest BCUT2D eigenvalue weighted by Gasteiger charge is 2.17. The van der Waals surface area contributed by atoms with Crippen molar-refractivity contribution >= 4 is 17.0 Å². The van der Waals surface area contributed by atoms with Gasteiger partial charge in [-0.15, -0.1) is 0 Å². The fourth-order valence-electron chi connectivity index (χ4n) is 3.98. The van der Waals surface area contributed by atoms with Gasteiger partial charge in [0.25, 0.3) is 0 Å². The minimum Gasteiger partial charge on any atom is -0.496 e. The number of methoxy groups -OCH3 is 3. The molecule has 1 aliphatic rings. The quantitative estimate of drug-likeness (QED) is 0.542. The summed E-state index contributed by atoms with van der Waals surface area (Å²) < 4.78 is 16.3. The van der Waals surface area contributed by atoms with Gasteiger partial charge in [-0.3, -0.25) is 9.91 Å². The Morgan fingerprint density at radius 1 is 0.839 bits per heavy atom. The first-order chi connectivity index (χ1) is 15.2. The molecule has 6 heteroatoms. The molecule has 3 aromatic rings. The van der Waals surface area contributed by atoms with Crippen LogP contribution < -0.4 is 14.2 Å². The summed E-state index contributed by atoms with van der Waals surface area (Å²) in [6, 6.07) is 18.8. The molecule has 0 saturated carbocycles. The summed E-state index contributed by atoms with van der Waals surface area (Å²) in [5.41, 5.74) is 2.19. The third kappa shape index (κ3) is 4.75. The molecule has 0 aliphatic carbocycles. The highest BCUT2D eigenvalue weighted by atomic mass is 16.5. The van der Waals surface area contributed by atoms with Gasteiger partial charge >= 0.3 is 0 Å². The SMILES string of the molecule is COc1cc(OC)c(C=NN2CCN(Cc3cccc4ccccc34)CC2)c(OC)c1. The van der Waals surface area contributed by atoms with Gasteiger partial charge in [-0.1, -0.05) is 42.5 Å². The van der Waals surface area contributed by atoms with Crippen LogP contribution in [-0.2, 0) is 6.54 Å². The minimum atomic E-state index is 0.676. The molecule has 1 fully saturated rings. The second-order valence-corrected chi connectivity index (χ2v) is 7.56. The Balaban J connectivity index is 1.41. The molecule has 0 unspecified atom stereocenters. The van der Waals surface area contributed by atoms with E-state index in [2.05, 4.69) is 52.4 Å². The van der Waals surface area contributed by atoms with Crippen LogP contribution in [-0.4, -0.2) is 63.6 Å². The van der Waals surface area contributed by atoms with Crippen molar-refractivity contribution in [2.45, 2.75) is 6.54 Å². The number of ether oxygens (including phenoxy) is 3. The van der Waals surface area contributed by atoms with Gasteiger partial charge in [-0.2, -0.15) is 5.10 Å². The van der Waals surface area contributed by atoms with Crippen molar-refractivity contribution in [2.75, 3.05) is 47.5 Å². The topological polar surface area (TPSA) is 46.5 Å². The number of hydrogen-bond acceptors (Lipinski definition) is 6. The zero-order valence-electron chi connectivity index (χ0n) is 18.4. The smallest absolute Gasteiger partial charge is 0.135 e. The molecule has 31 heavy (non-hydrogen) atoms. The van der Waals surface area contributed by atoms with E-state index in [4.69, 9.17) is 19.3 Å². The molecule has 3 aromatic carbocycles. The molecular formula is C25H29N3O3. The third-order valence-electron chi connectivity index (χ3n) is 5.73. The summed E-state index contributed by atoms with van der Waals surface area (Å²) in [6.45, 7) is 4.65. The molecule has 1 saturated heterocycles. The van der Waals surface area contributed by atoms with Crippen LogP contribution in [0.4, 0.5) is 0 Å². The number of fused-ring (bicyclic) bond motifs is 1. The van der Waals surface area contributed by atoms with Gasteiger partial charge in [0.05, 0.1) is 33.1 Å². The molecule has 1 heterocycles. The fourth-order valence-corrected chi connectivity index (χ4v) is 3.98. The maximum absolute atomic E-state index is 5.51. The van der Waals surface area contributed by atoms with Crippen molar-refractivity contribution < 1.29 is 14.2 Å². The summed E-state index contributed by atoms with van der Waals surface area (Å²) >= 11 is 0. The maximum atomic E-state index is 5.51. The van der Waals surface area contributed by atoms with Gasteiger partial charge in [0.15, 0.2) is 0 Å². The Hall–Kier alpha value is -3.25. The average molecular weight is 420 g/mol. The van der Waals surface area contributed by atoms with Crippen molar-refractivity contribution in [3.05, 3.63) is 65.7 Å². The molecule has 0 atom stereocenters. The van der Waals surface area contributed by atoms with Gasteiger partial charge in [0.1, 0.15) is 17.2 Å². The van der Waals surface area contributed by atoms with Crippen molar-refractivity contribution in [1.82, 2.24) is 9.91 Å². The summed E-state index contributed by atoms with van der Waals surface area (Å²) in [5.74, 6) is 2.04. The number of benzene rings is 3. The van der Waals surface area contributed by atoms with Gasteiger partial charge in [-0.05, 0) is 16.3 Å². The molecule has 0 spiro atoms. The second-order valence-electron chi connectivity index (χ2n) is 7.56. The second kappa shape index (κ2) is 9.71. The predicted molar refractivity (Wildman–Crippen MR) is 124 cm³/mol. The molecule has 6 nitrogen and oxygen atoms in total. The number of nitrogens with zero attached hydrogens (tertiary/aromatic N) is 3. The lowest BCUT2D eigenvalue weighted by molar-refractivity contribution is 0.131. The zero-order chi connectivity index (χ0) is 21.6. The van der Waals surface area contributed by atoms with Crippen LogP contribution in [0.2, 0.25) is 0 Å². The molecule has 0 N–H and O–H groups in total. The Morgan fingerprint density at radius 2 is 1.52 bits per heavy atom. The monoisotopic (exact) mass is 419 g/mol. The molecule has 1 aliphatic heterocycles. The third-order valence-corrected chi connectivity index (χ3v) is 5.73. The van der Waals surface area contributed by atoms with Crippen molar-refractivity contribution in [3.63, 3.8) is 0 Å². The van der Waals surface area contributed by atoms with Crippen LogP contribution in [0.1, 0.15) is 11.1 Å². The van der Waals surface area contributed by atoms with Crippen molar-refractivity contribution in [3.8, 4) is 17.2 Å². The van der Waals surface area contributed by atoms with E-state index in [0.29, 0.717) is 17.2 Å². The van der Waals surface area contributed by atoms with Crippen molar-refractivity contribution in [2.24, 2.45) is 5.10 Å². The standard InChI is InChI=1S/C25H29N3O3/c1-29-21-15-24(30-2)23(25(16-21)31-3)17-26-28-13-11-27(12-14-28)18-20-9-6-8-19-7-4-5-10-22(19)20/h4-10,15-17H,11-14,18H2,1-3H3. The van der Waals surface area contributed by atoms with E-state index >= 15 is 0 Å². The van der Waals surface area contributed by atoms with Gasteiger partial charge < -0.3 is 14.2 Å². The lowest BCUT2D eigenvalue weighted by Crippen LogP contribution is -2.43. The Bertz CT molecular complexity index is 1030. The molecule has 0 amide bonds. The largest absolute Gasteiger partial charge is 0.496 e. The summed E-state index contributed by atoms with van der Waals surface area (Å²) in [5, 5.41) is 9.43. The highest BCUT2D eigenvalue weighted by Crippen LogP contribution is 2.32. The van der Waals surface area contributed by atoms with E-state index in [0.717, 1.165) is 38.3 Å². The molecule has 0 aromatic heterocycles. The van der Waals surface area contributed by atoms with Crippen LogP contribution in [0.5, 0.6) is 17.2 Å². The summed E-state index contributed by atoms with van der Waals surface area (Å²) in [4.78, 5) is 2.49. The number of hydrogen-bond donors (Lipinski definition) is 0. The average Bonchev–Trinajstić information content (AvgIpc) is 2.83. The summed E-state index contributed by atoms with van der Waals surface area (Å²) in [7, 11) is 4.90. The Kier molecular flexibility index (Phi) is 6.57. The molecule has 0 radical (unpaired) electrons. The van der Waals surface area contributed by atoms with Crippen molar-refractivity contribution in [1.29, 1.82) is 0 Å². The van der Waals surface area contributed by atoms with Crippen LogP contribution >= 0.6 is 0 Å².